The van der Waals surface area contributed by atoms with E-state index < -0.39 is 0 Å². The maximum Gasteiger partial charge on any atom is 0.235 e. The third-order valence-electron chi connectivity index (χ3n) is 13.4. The highest BCUT2D eigenvalue weighted by Crippen LogP contribution is 2.49. The molecule has 11 aromatic rings. The molecule has 0 spiro atoms. The minimum Gasteiger partial charge on any atom is -0.309 e. The van der Waals surface area contributed by atoms with Crippen molar-refractivity contribution in [1.82, 2.24) is 19.1 Å². The van der Waals surface area contributed by atoms with Crippen LogP contribution in [0, 0.1) is 0 Å². The third kappa shape index (κ3) is 4.69. The Bertz CT molecular complexity index is 3500. The second kappa shape index (κ2) is 11.9. The van der Waals surface area contributed by atoms with Crippen LogP contribution in [0.4, 0.5) is 0 Å². The Hall–Kier alpha value is -6.78. The monoisotopic (exact) mass is 746 g/mol. The summed E-state index contributed by atoms with van der Waals surface area (Å²) in [6.45, 7) is 9.70. The van der Waals surface area contributed by atoms with Gasteiger partial charge in [-0.2, -0.15) is 0 Å². The van der Waals surface area contributed by atoms with Crippen LogP contribution in [0.25, 0.3) is 99.0 Å². The Balaban J connectivity index is 1.28. The highest BCUT2D eigenvalue weighted by Gasteiger charge is 2.38. The normalized spacial score (nSPS) is 15.0. The van der Waals surface area contributed by atoms with Crippen LogP contribution in [0.3, 0.4) is 0 Å². The predicted molar refractivity (Wildman–Crippen MR) is 244 cm³/mol. The van der Waals surface area contributed by atoms with Gasteiger partial charge in [0.2, 0.25) is 5.95 Å². The first-order valence-corrected chi connectivity index (χ1v) is 20.6. The smallest absolute Gasteiger partial charge is 0.235 e. The third-order valence-corrected chi connectivity index (χ3v) is 13.4. The van der Waals surface area contributed by atoms with Crippen LogP contribution < -0.4 is 0 Å². The lowest BCUT2D eigenvalue weighted by atomic mass is 9.63. The van der Waals surface area contributed by atoms with E-state index >= 15 is 0 Å². The van der Waals surface area contributed by atoms with E-state index in [0.717, 1.165) is 49.7 Å². The Kier molecular flexibility index (Phi) is 6.83. The van der Waals surface area contributed by atoms with Crippen LogP contribution in [0.1, 0.15) is 51.7 Å². The summed E-state index contributed by atoms with van der Waals surface area (Å²) in [5.41, 5.74) is 11.8. The van der Waals surface area contributed by atoms with Crippen molar-refractivity contribution in [1.29, 1.82) is 0 Å². The lowest BCUT2D eigenvalue weighted by Gasteiger charge is -2.42. The van der Waals surface area contributed by atoms with Gasteiger partial charge >= 0.3 is 0 Å². The minimum absolute atomic E-state index is 0.0848. The highest BCUT2D eigenvalue weighted by atomic mass is 15.2. The first kappa shape index (κ1) is 33.4. The summed E-state index contributed by atoms with van der Waals surface area (Å²) in [5, 5.41) is 10.7. The number of para-hydroxylation sites is 1. The molecule has 4 nitrogen and oxygen atoms in total. The fraction of sp³-hybridized carbons (Fsp3) is 0.148. The molecule has 0 unspecified atom stereocenters. The first-order valence-electron chi connectivity index (χ1n) is 20.6. The van der Waals surface area contributed by atoms with Crippen molar-refractivity contribution in [2.24, 2.45) is 0 Å². The van der Waals surface area contributed by atoms with E-state index in [1.165, 1.54) is 67.3 Å². The number of hydrogen-bond acceptors (Lipinski definition) is 2. The number of fused-ring (bicyclic) bond motifs is 12. The van der Waals surface area contributed by atoms with Crippen molar-refractivity contribution >= 4 is 76.1 Å². The second-order valence-electron chi connectivity index (χ2n) is 17.7. The average molecular weight is 747 g/mol. The Morgan fingerprint density at radius 3 is 1.78 bits per heavy atom. The van der Waals surface area contributed by atoms with Crippen LogP contribution >= 0.6 is 0 Å². The molecular weight excluding hydrogens is 705 g/mol. The minimum atomic E-state index is 0.0848. The van der Waals surface area contributed by atoms with Gasteiger partial charge in [-0.1, -0.05) is 137 Å². The maximum atomic E-state index is 5.54. The number of hydrogen-bond donors (Lipinski definition) is 0. The Labute approximate surface area is 337 Å². The van der Waals surface area contributed by atoms with Gasteiger partial charge in [-0.15, -0.1) is 0 Å². The van der Waals surface area contributed by atoms with Gasteiger partial charge < -0.3 is 4.57 Å². The van der Waals surface area contributed by atoms with E-state index in [9.17, 15) is 0 Å². The zero-order valence-corrected chi connectivity index (χ0v) is 33.2. The molecule has 0 radical (unpaired) electrons. The molecule has 0 bridgehead atoms. The molecule has 278 valence electrons. The van der Waals surface area contributed by atoms with Gasteiger partial charge in [0.1, 0.15) is 0 Å². The van der Waals surface area contributed by atoms with Gasteiger partial charge in [0.25, 0.3) is 0 Å². The number of rotatable bonds is 3. The van der Waals surface area contributed by atoms with Crippen molar-refractivity contribution in [3.8, 4) is 22.9 Å². The molecule has 0 N–H and O–H groups in total. The van der Waals surface area contributed by atoms with Crippen molar-refractivity contribution in [2.45, 2.75) is 51.4 Å². The molecule has 0 saturated heterocycles. The van der Waals surface area contributed by atoms with Crippen LogP contribution in [0.15, 0.2) is 158 Å². The van der Waals surface area contributed by atoms with Crippen LogP contribution in [0.2, 0.25) is 0 Å². The molecule has 0 saturated carbocycles. The summed E-state index contributed by atoms with van der Waals surface area (Å²) < 4.78 is 4.82. The molecule has 0 aliphatic heterocycles. The standard InChI is InChI=1S/C54H42N4/c1-53(2)27-28-54(3,4)44-31-46-41(30-43(44)53)40-29-42-48(32-47(40)57(46)36-19-9-6-10-20-36)58(45-26-24-33-15-11-13-21-37(33)49(42)45)52-55-50(35-17-7-5-8-18-35)39-25-23-34-16-12-14-22-38(34)51(39)56-52/h5-26,29-32H,27-28H2,1-4H3. The zero-order valence-electron chi connectivity index (χ0n) is 33.2. The van der Waals surface area contributed by atoms with Crippen molar-refractivity contribution < 1.29 is 0 Å². The number of aromatic nitrogens is 4. The van der Waals surface area contributed by atoms with E-state index in [-0.39, 0.29) is 10.8 Å². The summed E-state index contributed by atoms with van der Waals surface area (Å²) in [5.74, 6) is 0.665. The van der Waals surface area contributed by atoms with Gasteiger partial charge in [0, 0.05) is 43.6 Å². The SMILES string of the molecule is CC1(C)CCC(C)(C)c2cc3c(cc21)c1cc2c4c5ccccc5ccc4n(-c4nc(-c5ccccc5)c5ccc6ccccc6c5n4)c2cc1n3-c1ccccc1. The van der Waals surface area contributed by atoms with Gasteiger partial charge in [-0.05, 0) is 99.5 Å². The Morgan fingerprint density at radius 1 is 0.431 bits per heavy atom. The fourth-order valence-corrected chi connectivity index (χ4v) is 10.2. The highest BCUT2D eigenvalue weighted by molar-refractivity contribution is 6.25. The van der Waals surface area contributed by atoms with Crippen LogP contribution in [-0.2, 0) is 10.8 Å². The Morgan fingerprint density at radius 2 is 1.02 bits per heavy atom. The molecule has 0 amide bonds. The van der Waals surface area contributed by atoms with Crippen molar-refractivity contribution in [3.63, 3.8) is 0 Å². The van der Waals surface area contributed by atoms with Gasteiger partial charge in [-0.3, -0.25) is 4.57 Å². The molecular formula is C54H42N4. The van der Waals surface area contributed by atoms with Crippen molar-refractivity contribution in [2.75, 3.05) is 0 Å². The molecule has 3 heterocycles. The van der Waals surface area contributed by atoms with E-state index in [4.69, 9.17) is 9.97 Å². The fourth-order valence-electron chi connectivity index (χ4n) is 10.2. The molecule has 3 aromatic heterocycles. The maximum absolute atomic E-state index is 5.54. The largest absolute Gasteiger partial charge is 0.309 e. The molecule has 12 rings (SSSR count). The lowest BCUT2D eigenvalue weighted by molar-refractivity contribution is 0.332. The van der Waals surface area contributed by atoms with E-state index in [1.54, 1.807) is 0 Å². The molecule has 0 atom stereocenters. The van der Waals surface area contributed by atoms with Gasteiger partial charge in [0.15, 0.2) is 0 Å². The second-order valence-corrected chi connectivity index (χ2v) is 17.7. The summed E-state index contributed by atoms with van der Waals surface area (Å²) in [6.07, 6.45) is 2.34. The molecule has 8 aromatic carbocycles. The summed E-state index contributed by atoms with van der Waals surface area (Å²) in [7, 11) is 0. The van der Waals surface area contributed by atoms with Gasteiger partial charge in [-0.25, -0.2) is 9.97 Å². The molecule has 1 aliphatic carbocycles. The summed E-state index contributed by atoms with van der Waals surface area (Å²) in [6, 6.07) is 57.7. The molecule has 0 fully saturated rings. The predicted octanol–water partition coefficient (Wildman–Crippen LogP) is 14.1. The summed E-state index contributed by atoms with van der Waals surface area (Å²) in [4.78, 5) is 11.1. The number of nitrogens with zero attached hydrogens (tertiary/aromatic N) is 4. The van der Waals surface area contributed by atoms with Gasteiger partial charge in [0.05, 0.1) is 33.3 Å². The van der Waals surface area contributed by atoms with E-state index in [2.05, 4.69) is 195 Å². The first-order chi connectivity index (χ1) is 28.2. The van der Waals surface area contributed by atoms with Crippen LogP contribution in [-0.4, -0.2) is 19.1 Å². The number of benzene rings is 8. The zero-order chi connectivity index (χ0) is 38.9. The van der Waals surface area contributed by atoms with E-state index in [1.807, 2.05) is 0 Å². The summed E-state index contributed by atoms with van der Waals surface area (Å²) >= 11 is 0. The average Bonchev–Trinajstić information content (AvgIpc) is 3.76. The van der Waals surface area contributed by atoms with Crippen LogP contribution in [0.5, 0.6) is 0 Å². The molecule has 58 heavy (non-hydrogen) atoms. The molecule has 1 aliphatic rings. The topological polar surface area (TPSA) is 35.6 Å². The quantitative estimate of drug-likeness (QED) is 0.169. The molecule has 4 heteroatoms. The lowest BCUT2D eigenvalue weighted by Crippen LogP contribution is -2.33. The van der Waals surface area contributed by atoms with Crippen molar-refractivity contribution in [3.05, 3.63) is 169 Å². The van der Waals surface area contributed by atoms with E-state index in [0.29, 0.717) is 5.95 Å².